The second-order valence-corrected chi connectivity index (χ2v) is 7.80. The summed E-state index contributed by atoms with van der Waals surface area (Å²) >= 11 is 0. The molecule has 136 valence electrons. The number of aliphatic hydroxyl groups is 1. The molecule has 0 saturated heterocycles. The smallest absolute Gasteiger partial charge is 0.243 e. The zero-order chi connectivity index (χ0) is 18.3. The van der Waals surface area contributed by atoms with Crippen LogP contribution in [0.15, 0.2) is 29.2 Å². The van der Waals surface area contributed by atoms with Crippen molar-refractivity contribution in [2.45, 2.75) is 37.8 Å². The Morgan fingerprint density at radius 1 is 1.38 bits per heavy atom. The van der Waals surface area contributed by atoms with Gasteiger partial charge in [0.15, 0.2) is 0 Å². The molecule has 4 N–H and O–H groups in total. The lowest BCUT2D eigenvalue weighted by molar-refractivity contribution is -0.123. The molecule has 0 aromatic heterocycles. The molecule has 0 radical (unpaired) electrons. The second-order valence-electron chi connectivity index (χ2n) is 5.79. The Labute approximate surface area is 143 Å². The van der Waals surface area contributed by atoms with E-state index in [9.17, 15) is 13.2 Å². The molecule has 0 aliphatic heterocycles. The Hall–Kier alpha value is -1.48. The van der Waals surface area contributed by atoms with E-state index in [0.717, 1.165) is 10.7 Å². The molecule has 1 amide bonds. The van der Waals surface area contributed by atoms with Crippen LogP contribution < -0.4 is 11.1 Å². The van der Waals surface area contributed by atoms with Gasteiger partial charge in [-0.3, -0.25) is 4.79 Å². The largest absolute Gasteiger partial charge is 0.395 e. The number of benzene rings is 1. The average molecular weight is 357 g/mol. The fraction of sp³-hybridized carbons (Fsp3) is 0.562. The van der Waals surface area contributed by atoms with Gasteiger partial charge in [0.1, 0.15) is 0 Å². The van der Waals surface area contributed by atoms with Crippen LogP contribution in [0.1, 0.15) is 25.8 Å². The van der Waals surface area contributed by atoms with E-state index in [0.29, 0.717) is 5.56 Å². The first-order chi connectivity index (χ1) is 11.3. The number of likely N-dealkylation sites (N-methyl/N-ethyl adjacent to an activating group) is 1. The minimum atomic E-state index is -3.73. The van der Waals surface area contributed by atoms with Crippen LogP contribution >= 0.6 is 0 Å². The van der Waals surface area contributed by atoms with E-state index in [1.54, 1.807) is 18.2 Å². The monoisotopic (exact) mass is 357 g/mol. The fourth-order valence-corrected chi connectivity index (χ4v) is 3.52. The van der Waals surface area contributed by atoms with Gasteiger partial charge < -0.3 is 16.2 Å². The van der Waals surface area contributed by atoms with Crippen LogP contribution in [-0.4, -0.2) is 50.0 Å². The summed E-state index contributed by atoms with van der Waals surface area (Å²) in [7, 11) is -2.33. The first-order valence-corrected chi connectivity index (χ1v) is 9.38. The highest BCUT2D eigenvalue weighted by Crippen LogP contribution is 2.19. The summed E-state index contributed by atoms with van der Waals surface area (Å²) in [5, 5.41) is 11.7. The second kappa shape index (κ2) is 9.12. The predicted octanol–water partition coefficient (Wildman–Crippen LogP) is 0.289. The first kappa shape index (κ1) is 20.6. The molecule has 7 nitrogen and oxygen atoms in total. The van der Waals surface area contributed by atoms with Gasteiger partial charge in [-0.05, 0) is 17.5 Å². The molecule has 2 unspecified atom stereocenters. The third-order valence-electron chi connectivity index (χ3n) is 4.09. The van der Waals surface area contributed by atoms with Crippen molar-refractivity contribution in [3.63, 3.8) is 0 Å². The summed E-state index contributed by atoms with van der Waals surface area (Å²) in [6, 6.07) is 5.83. The van der Waals surface area contributed by atoms with Crippen molar-refractivity contribution in [2.24, 2.45) is 11.7 Å². The highest BCUT2D eigenvalue weighted by molar-refractivity contribution is 7.89. The summed E-state index contributed by atoms with van der Waals surface area (Å²) in [5.41, 5.74) is 6.36. The summed E-state index contributed by atoms with van der Waals surface area (Å²) in [5.74, 6) is -0.264. The molecule has 0 aliphatic carbocycles. The molecule has 0 spiro atoms. The minimum absolute atomic E-state index is 0.00190. The third kappa shape index (κ3) is 5.01. The van der Waals surface area contributed by atoms with Crippen LogP contribution in [0.2, 0.25) is 0 Å². The Kier molecular flexibility index (Phi) is 7.82. The maximum Gasteiger partial charge on any atom is 0.243 e. The van der Waals surface area contributed by atoms with Crippen LogP contribution in [-0.2, 0) is 21.4 Å². The van der Waals surface area contributed by atoms with Crippen LogP contribution in [0.25, 0.3) is 0 Å². The molecule has 1 rings (SSSR count). The Bertz CT molecular complexity index is 648. The number of nitrogens with two attached hydrogens (primary N) is 1. The number of carbonyl (C=O) groups excluding carboxylic acids is 1. The van der Waals surface area contributed by atoms with Crippen LogP contribution in [0.3, 0.4) is 0 Å². The normalized spacial score (nSPS) is 14.4. The zero-order valence-electron chi connectivity index (χ0n) is 14.4. The molecule has 1 aromatic carbocycles. The van der Waals surface area contributed by atoms with E-state index < -0.39 is 16.1 Å². The van der Waals surface area contributed by atoms with Gasteiger partial charge >= 0.3 is 0 Å². The van der Waals surface area contributed by atoms with Crippen molar-refractivity contribution in [2.75, 3.05) is 20.2 Å². The van der Waals surface area contributed by atoms with Gasteiger partial charge in [-0.15, -0.1) is 0 Å². The molecule has 24 heavy (non-hydrogen) atoms. The van der Waals surface area contributed by atoms with Crippen LogP contribution in [0, 0.1) is 5.92 Å². The number of nitrogens with zero attached hydrogens (tertiary/aromatic N) is 1. The van der Waals surface area contributed by atoms with Crippen molar-refractivity contribution in [1.29, 1.82) is 0 Å². The van der Waals surface area contributed by atoms with Gasteiger partial charge in [0, 0.05) is 20.1 Å². The standard InChI is InChI=1S/C16H27N3O4S/c1-4-12(2)15(17)16(21)18-11-13-7-5-6-8-14(13)24(22,23)19(3)9-10-20/h5-8,12,15,20H,4,9-11,17H2,1-3H3,(H,18,21). The van der Waals surface area contributed by atoms with E-state index in [2.05, 4.69) is 5.32 Å². The molecular formula is C16H27N3O4S. The topological polar surface area (TPSA) is 113 Å². The molecule has 2 atom stereocenters. The number of sulfonamides is 1. The highest BCUT2D eigenvalue weighted by atomic mass is 32.2. The average Bonchev–Trinajstić information content (AvgIpc) is 2.58. The lowest BCUT2D eigenvalue weighted by atomic mass is 9.99. The van der Waals surface area contributed by atoms with Gasteiger partial charge in [0.05, 0.1) is 17.5 Å². The quantitative estimate of drug-likeness (QED) is 0.588. The summed E-state index contributed by atoms with van der Waals surface area (Å²) in [6.45, 7) is 3.66. The summed E-state index contributed by atoms with van der Waals surface area (Å²) < 4.78 is 26.2. The SMILES string of the molecule is CCC(C)C(N)C(=O)NCc1ccccc1S(=O)(=O)N(C)CCO. The third-order valence-corrected chi connectivity index (χ3v) is 6.05. The molecule has 0 aliphatic rings. The van der Waals surface area contributed by atoms with Crippen molar-refractivity contribution in [3.8, 4) is 0 Å². The van der Waals surface area contributed by atoms with Crippen molar-refractivity contribution < 1.29 is 18.3 Å². The van der Waals surface area contributed by atoms with Crippen molar-refractivity contribution >= 4 is 15.9 Å². The van der Waals surface area contributed by atoms with Gasteiger partial charge in [0.25, 0.3) is 0 Å². The molecule has 8 heteroatoms. The number of hydrogen-bond acceptors (Lipinski definition) is 5. The number of amides is 1. The highest BCUT2D eigenvalue weighted by Gasteiger charge is 2.24. The van der Waals surface area contributed by atoms with Gasteiger partial charge in [-0.2, -0.15) is 4.31 Å². The van der Waals surface area contributed by atoms with E-state index in [-0.39, 0.29) is 36.4 Å². The maximum absolute atomic E-state index is 12.6. The molecule has 0 heterocycles. The predicted molar refractivity (Wildman–Crippen MR) is 92.6 cm³/mol. The summed E-state index contributed by atoms with van der Waals surface area (Å²) in [6.07, 6.45) is 0.783. The van der Waals surface area contributed by atoms with Gasteiger partial charge in [-0.25, -0.2) is 8.42 Å². The van der Waals surface area contributed by atoms with Crippen LogP contribution in [0.4, 0.5) is 0 Å². The number of rotatable bonds is 9. The minimum Gasteiger partial charge on any atom is -0.395 e. The molecule has 1 aromatic rings. The van der Waals surface area contributed by atoms with Crippen LogP contribution in [0.5, 0.6) is 0 Å². The lowest BCUT2D eigenvalue weighted by Crippen LogP contribution is -2.44. The van der Waals surface area contributed by atoms with Gasteiger partial charge in [0.2, 0.25) is 15.9 Å². The maximum atomic E-state index is 12.6. The van der Waals surface area contributed by atoms with E-state index in [1.807, 2.05) is 13.8 Å². The fourth-order valence-electron chi connectivity index (χ4n) is 2.14. The van der Waals surface area contributed by atoms with Crippen molar-refractivity contribution in [3.05, 3.63) is 29.8 Å². The number of aliphatic hydroxyl groups excluding tert-OH is 1. The Morgan fingerprint density at radius 3 is 2.58 bits per heavy atom. The van der Waals surface area contributed by atoms with Crippen molar-refractivity contribution in [1.82, 2.24) is 9.62 Å². The van der Waals surface area contributed by atoms with E-state index in [4.69, 9.17) is 10.8 Å². The van der Waals surface area contributed by atoms with E-state index in [1.165, 1.54) is 13.1 Å². The lowest BCUT2D eigenvalue weighted by Gasteiger charge is -2.20. The molecule has 0 saturated carbocycles. The Morgan fingerprint density at radius 2 is 2.00 bits per heavy atom. The Balaban J connectivity index is 2.94. The molecule has 0 fully saturated rings. The number of hydrogen-bond donors (Lipinski definition) is 3. The first-order valence-electron chi connectivity index (χ1n) is 7.94. The zero-order valence-corrected chi connectivity index (χ0v) is 15.2. The number of carbonyl (C=O) groups is 1. The number of nitrogens with one attached hydrogen (secondary N) is 1. The molecule has 0 bridgehead atoms. The summed E-state index contributed by atoms with van der Waals surface area (Å²) in [4.78, 5) is 12.2. The van der Waals surface area contributed by atoms with Gasteiger partial charge in [-0.1, -0.05) is 38.5 Å². The molecular weight excluding hydrogens is 330 g/mol. The van der Waals surface area contributed by atoms with E-state index >= 15 is 0 Å².